The summed E-state index contributed by atoms with van der Waals surface area (Å²) in [7, 11) is 0. The summed E-state index contributed by atoms with van der Waals surface area (Å²) in [6.45, 7) is 5.04. The molecule has 0 amide bonds. The Kier molecular flexibility index (Phi) is 3.17. The maximum atomic E-state index is 5.84. The van der Waals surface area contributed by atoms with E-state index in [1.54, 1.807) is 0 Å². The lowest BCUT2D eigenvalue weighted by atomic mass is 10.1. The van der Waals surface area contributed by atoms with Gasteiger partial charge in [0.15, 0.2) is 0 Å². The standard InChI is InChI=1S/C12H17NO/c1-10-7-13-8-12(10)14-9-11-5-3-2-4-6-11/h2-6,10,12-13H,7-9H2,1H3. The molecule has 0 spiro atoms. The van der Waals surface area contributed by atoms with Gasteiger partial charge in [-0.2, -0.15) is 0 Å². The first kappa shape index (κ1) is 9.69. The van der Waals surface area contributed by atoms with Crippen LogP contribution in [0.2, 0.25) is 0 Å². The topological polar surface area (TPSA) is 21.3 Å². The molecule has 1 heterocycles. The lowest BCUT2D eigenvalue weighted by molar-refractivity contribution is 0.0303. The van der Waals surface area contributed by atoms with Gasteiger partial charge in [-0.3, -0.25) is 0 Å². The molecular weight excluding hydrogens is 174 g/mol. The third-order valence-corrected chi connectivity index (χ3v) is 2.75. The number of ether oxygens (including phenoxy) is 1. The molecule has 1 saturated heterocycles. The second-order valence-electron chi connectivity index (χ2n) is 3.97. The van der Waals surface area contributed by atoms with Crippen LogP contribution in [0.1, 0.15) is 12.5 Å². The molecule has 0 saturated carbocycles. The van der Waals surface area contributed by atoms with Crippen molar-refractivity contribution in [2.75, 3.05) is 13.1 Å². The Morgan fingerprint density at radius 2 is 2.07 bits per heavy atom. The van der Waals surface area contributed by atoms with E-state index in [1.165, 1.54) is 5.56 Å². The molecule has 1 aliphatic heterocycles. The molecule has 0 aliphatic carbocycles. The summed E-state index contributed by atoms with van der Waals surface area (Å²) in [4.78, 5) is 0. The molecule has 1 fully saturated rings. The minimum Gasteiger partial charge on any atom is -0.372 e. The average molecular weight is 191 g/mol. The molecule has 0 aromatic heterocycles. The number of nitrogens with one attached hydrogen (secondary N) is 1. The van der Waals surface area contributed by atoms with E-state index in [2.05, 4.69) is 36.5 Å². The van der Waals surface area contributed by atoms with Crippen molar-refractivity contribution in [2.24, 2.45) is 5.92 Å². The number of hydrogen-bond acceptors (Lipinski definition) is 2. The van der Waals surface area contributed by atoms with Crippen LogP contribution in [0.15, 0.2) is 30.3 Å². The lowest BCUT2D eigenvalue weighted by Gasteiger charge is -2.15. The first-order valence-corrected chi connectivity index (χ1v) is 5.22. The number of rotatable bonds is 3. The largest absolute Gasteiger partial charge is 0.372 e. The Labute approximate surface area is 85.3 Å². The van der Waals surface area contributed by atoms with Crippen LogP contribution in [-0.4, -0.2) is 19.2 Å². The first-order chi connectivity index (χ1) is 6.86. The molecular formula is C12H17NO. The molecule has 2 heteroatoms. The SMILES string of the molecule is CC1CNCC1OCc1ccccc1. The maximum Gasteiger partial charge on any atom is 0.0741 e. The lowest BCUT2D eigenvalue weighted by Crippen LogP contribution is -2.20. The van der Waals surface area contributed by atoms with Crippen molar-refractivity contribution in [1.29, 1.82) is 0 Å². The molecule has 2 nitrogen and oxygen atoms in total. The smallest absolute Gasteiger partial charge is 0.0741 e. The Hall–Kier alpha value is -0.860. The summed E-state index contributed by atoms with van der Waals surface area (Å²) in [5, 5.41) is 3.33. The van der Waals surface area contributed by atoms with Gasteiger partial charge in [-0.15, -0.1) is 0 Å². The quantitative estimate of drug-likeness (QED) is 0.786. The number of benzene rings is 1. The number of hydrogen-bond donors (Lipinski definition) is 1. The van der Waals surface area contributed by atoms with E-state index in [-0.39, 0.29) is 0 Å². The van der Waals surface area contributed by atoms with Crippen molar-refractivity contribution < 1.29 is 4.74 Å². The minimum atomic E-state index is 0.384. The fraction of sp³-hybridized carbons (Fsp3) is 0.500. The average Bonchev–Trinajstić information content (AvgIpc) is 2.63. The maximum absolute atomic E-state index is 5.84. The van der Waals surface area contributed by atoms with Gasteiger partial charge < -0.3 is 10.1 Å². The first-order valence-electron chi connectivity index (χ1n) is 5.22. The molecule has 0 radical (unpaired) electrons. The van der Waals surface area contributed by atoms with Crippen LogP contribution in [0.4, 0.5) is 0 Å². The van der Waals surface area contributed by atoms with Gasteiger partial charge >= 0.3 is 0 Å². The van der Waals surface area contributed by atoms with E-state index in [1.807, 2.05) is 6.07 Å². The summed E-state index contributed by atoms with van der Waals surface area (Å²) in [6.07, 6.45) is 0.384. The molecule has 1 N–H and O–H groups in total. The zero-order valence-electron chi connectivity index (χ0n) is 8.57. The van der Waals surface area contributed by atoms with Crippen molar-refractivity contribution in [3.8, 4) is 0 Å². The van der Waals surface area contributed by atoms with E-state index >= 15 is 0 Å². The van der Waals surface area contributed by atoms with Gasteiger partial charge in [-0.05, 0) is 11.5 Å². The molecule has 76 valence electrons. The van der Waals surface area contributed by atoms with E-state index in [0.29, 0.717) is 12.0 Å². The van der Waals surface area contributed by atoms with Gasteiger partial charge in [0.25, 0.3) is 0 Å². The van der Waals surface area contributed by atoms with Crippen molar-refractivity contribution in [2.45, 2.75) is 19.6 Å². The van der Waals surface area contributed by atoms with Crippen molar-refractivity contribution in [3.05, 3.63) is 35.9 Å². The predicted octanol–water partition coefficient (Wildman–Crippen LogP) is 1.81. The van der Waals surface area contributed by atoms with Gasteiger partial charge in [0, 0.05) is 13.1 Å². The third kappa shape index (κ3) is 2.34. The van der Waals surface area contributed by atoms with E-state index in [9.17, 15) is 0 Å². The van der Waals surface area contributed by atoms with Crippen LogP contribution >= 0.6 is 0 Å². The van der Waals surface area contributed by atoms with Crippen molar-refractivity contribution in [3.63, 3.8) is 0 Å². The zero-order valence-corrected chi connectivity index (χ0v) is 8.57. The summed E-state index contributed by atoms with van der Waals surface area (Å²) in [5.41, 5.74) is 1.26. The van der Waals surface area contributed by atoms with E-state index in [0.717, 1.165) is 19.7 Å². The van der Waals surface area contributed by atoms with E-state index < -0.39 is 0 Å². The summed E-state index contributed by atoms with van der Waals surface area (Å²) < 4.78 is 5.84. The molecule has 1 aliphatic rings. The third-order valence-electron chi connectivity index (χ3n) is 2.75. The Bertz CT molecular complexity index is 273. The highest BCUT2D eigenvalue weighted by Crippen LogP contribution is 2.13. The Balaban J connectivity index is 1.82. The van der Waals surface area contributed by atoms with Crippen LogP contribution in [0.5, 0.6) is 0 Å². The van der Waals surface area contributed by atoms with Gasteiger partial charge in [-0.1, -0.05) is 37.3 Å². The van der Waals surface area contributed by atoms with Gasteiger partial charge in [0.1, 0.15) is 0 Å². The van der Waals surface area contributed by atoms with Gasteiger partial charge in [-0.25, -0.2) is 0 Å². The highest BCUT2D eigenvalue weighted by Gasteiger charge is 2.23. The minimum absolute atomic E-state index is 0.384. The molecule has 0 bridgehead atoms. The van der Waals surface area contributed by atoms with Crippen LogP contribution in [0.3, 0.4) is 0 Å². The molecule has 2 unspecified atom stereocenters. The monoisotopic (exact) mass is 191 g/mol. The highest BCUT2D eigenvalue weighted by molar-refractivity contribution is 5.13. The van der Waals surface area contributed by atoms with Crippen molar-refractivity contribution >= 4 is 0 Å². The second kappa shape index (κ2) is 4.58. The van der Waals surface area contributed by atoms with Crippen LogP contribution in [0, 0.1) is 5.92 Å². The summed E-state index contributed by atoms with van der Waals surface area (Å²) in [5.74, 6) is 0.638. The summed E-state index contributed by atoms with van der Waals surface area (Å²) >= 11 is 0. The Morgan fingerprint density at radius 3 is 2.71 bits per heavy atom. The fourth-order valence-corrected chi connectivity index (χ4v) is 1.79. The molecule has 2 atom stereocenters. The molecule has 1 aromatic carbocycles. The zero-order chi connectivity index (χ0) is 9.80. The fourth-order valence-electron chi connectivity index (χ4n) is 1.79. The molecule has 2 rings (SSSR count). The highest BCUT2D eigenvalue weighted by atomic mass is 16.5. The molecule has 14 heavy (non-hydrogen) atoms. The van der Waals surface area contributed by atoms with E-state index in [4.69, 9.17) is 4.74 Å². The van der Waals surface area contributed by atoms with Crippen LogP contribution < -0.4 is 5.32 Å². The Morgan fingerprint density at radius 1 is 1.29 bits per heavy atom. The van der Waals surface area contributed by atoms with Gasteiger partial charge in [0.05, 0.1) is 12.7 Å². The second-order valence-corrected chi connectivity index (χ2v) is 3.97. The normalized spacial score (nSPS) is 26.6. The predicted molar refractivity (Wildman–Crippen MR) is 57.1 cm³/mol. The van der Waals surface area contributed by atoms with Crippen LogP contribution in [0.25, 0.3) is 0 Å². The van der Waals surface area contributed by atoms with Gasteiger partial charge in [0.2, 0.25) is 0 Å². The van der Waals surface area contributed by atoms with Crippen LogP contribution in [-0.2, 0) is 11.3 Å². The summed E-state index contributed by atoms with van der Waals surface area (Å²) in [6, 6.07) is 10.3. The molecule has 1 aromatic rings. The van der Waals surface area contributed by atoms with Crippen molar-refractivity contribution in [1.82, 2.24) is 5.32 Å².